The van der Waals surface area contributed by atoms with Crippen LogP contribution in [0.15, 0.2) is 6.07 Å². The number of hydrogen-bond donors (Lipinski definition) is 2. The number of H-pyrrole nitrogens is 1. The maximum atomic E-state index is 12.4. The lowest BCUT2D eigenvalue weighted by molar-refractivity contribution is -0.146. The van der Waals surface area contributed by atoms with E-state index in [0.717, 1.165) is 16.4 Å². The number of nitrogens with zero attached hydrogens (tertiary/aromatic N) is 2. The smallest absolute Gasteiger partial charge is 0.324 e. The van der Waals surface area contributed by atoms with Crippen LogP contribution in [0.1, 0.15) is 32.4 Å². The molecule has 0 aromatic carbocycles. The fraction of sp³-hybridized carbons (Fsp3) is 0.667. The number of aryl methyl sites for hydroxylation is 1. The van der Waals surface area contributed by atoms with E-state index in [1.54, 1.807) is 13.0 Å². The van der Waals surface area contributed by atoms with E-state index in [0.29, 0.717) is 19.4 Å². The second-order valence-electron chi connectivity index (χ2n) is 4.76. The molecule has 0 radical (unpaired) electrons. The van der Waals surface area contributed by atoms with Gasteiger partial charge in [0.05, 0.1) is 6.61 Å². The van der Waals surface area contributed by atoms with Crippen molar-refractivity contribution in [1.82, 2.24) is 14.5 Å². The average Bonchev–Trinajstić information content (AvgIpc) is 3.06. The lowest BCUT2D eigenvalue weighted by Crippen LogP contribution is -2.44. The van der Waals surface area contributed by atoms with Gasteiger partial charge in [0.25, 0.3) is 0 Å². The number of aromatic amines is 1. The summed E-state index contributed by atoms with van der Waals surface area (Å²) in [5, 5.41) is 6.63. The van der Waals surface area contributed by atoms with E-state index < -0.39 is 22.2 Å². The van der Waals surface area contributed by atoms with Crippen molar-refractivity contribution in [1.29, 1.82) is 0 Å². The predicted octanol–water partition coefficient (Wildman–Crippen LogP) is 0.656. The van der Waals surface area contributed by atoms with Crippen LogP contribution < -0.4 is 4.72 Å². The van der Waals surface area contributed by atoms with E-state index in [1.165, 1.54) is 0 Å². The maximum absolute atomic E-state index is 12.4. The van der Waals surface area contributed by atoms with Gasteiger partial charge in [0, 0.05) is 18.3 Å². The Labute approximate surface area is 124 Å². The van der Waals surface area contributed by atoms with Gasteiger partial charge in [0.2, 0.25) is 0 Å². The van der Waals surface area contributed by atoms with E-state index >= 15 is 0 Å². The number of nitrogens with one attached hydrogen (secondary N) is 2. The highest BCUT2D eigenvalue weighted by atomic mass is 32.2. The summed E-state index contributed by atoms with van der Waals surface area (Å²) in [4.78, 5) is 11.8. The van der Waals surface area contributed by atoms with Gasteiger partial charge < -0.3 is 4.74 Å². The van der Waals surface area contributed by atoms with Crippen molar-refractivity contribution in [3.8, 4) is 0 Å². The first-order valence-corrected chi connectivity index (χ1v) is 8.42. The molecule has 1 aliphatic heterocycles. The summed E-state index contributed by atoms with van der Waals surface area (Å²) in [6.45, 7) is 4.16. The Bertz CT molecular complexity index is 598. The largest absolute Gasteiger partial charge is 0.465 e. The molecule has 0 bridgehead atoms. The van der Waals surface area contributed by atoms with Crippen molar-refractivity contribution >= 4 is 22.0 Å². The number of carbonyl (C=O) groups excluding carboxylic acids is 1. The number of anilines is 1. The molecule has 0 saturated carbocycles. The quantitative estimate of drug-likeness (QED) is 0.750. The van der Waals surface area contributed by atoms with Crippen LogP contribution in [0.3, 0.4) is 0 Å². The molecule has 2 heterocycles. The third-order valence-corrected chi connectivity index (χ3v) is 4.84. The van der Waals surface area contributed by atoms with Crippen molar-refractivity contribution in [2.24, 2.45) is 0 Å². The summed E-state index contributed by atoms with van der Waals surface area (Å²) < 4.78 is 33.2. The van der Waals surface area contributed by atoms with E-state index in [2.05, 4.69) is 14.9 Å². The van der Waals surface area contributed by atoms with Gasteiger partial charge in [-0.2, -0.15) is 17.8 Å². The molecule has 118 valence electrons. The standard InChI is InChI=1S/C12H20N4O4S/c1-3-9-8-11(14-13-9)15-21(18,19)16-7-5-6-10(16)12(17)20-4-2/h8,10H,3-7H2,1-2H3,(H2,13,14,15). The molecule has 0 spiro atoms. The Kier molecular flexibility index (Phi) is 4.84. The number of carbonyl (C=O) groups is 1. The molecule has 9 heteroatoms. The molecule has 1 saturated heterocycles. The van der Waals surface area contributed by atoms with Gasteiger partial charge in [-0.15, -0.1) is 0 Å². The first-order valence-electron chi connectivity index (χ1n) is 6.98. The molecule has 2 N–H and O–H groups in total. The zero-order valence-electron chi connectivity index (χ0n) is 12.1. The lowest BCUT2D eigenvalue weighted by Gasteiger charge is -2.22. The average molecular weight is 316 g/mol. The molecular weight excluding hydrogens is 296 g/mol. The van der Waals surface area contributed by atoms with Gasteiger partial charge in [-0.3, -0.25) is 14.6 Å². The van der Waals surface area contributed by atoms with Crippen LogP contribution in [0, 0.1) is 0 Å². The van der Waals surface area contributed by atoms with Crippen molar-refractivity contribution in [3.63, 3.8) is 0 Å². The first-order chi connectivity index (χ1) is 9.97. The van der Waals surface area contributed by atoms with Crippen molar-refractivity contribution in [2.75, 3.05) is 17.9 Å². The summed E-state index contributed by atoms with van der Waals surface area (Å²) in [5.74, 6) is -0.280. The van der Waals surface area contributed by atoms with Gasteiger partial charge in [0.15, 0.2) is 5.82 Å². The number of rotatable bonds is 6. The van der Waals surface area contributed by atoms with E-state index in [-0.39, 0.29) is 12.4 Å². The Balaban J connectivity index is 2.12. The molecule has 0 aliphatic carbocycles. The van der Waals surface area contributed by atoms with Crippen LogP contribution in [-0.4, -0.2) is 48.1 Å². The number of ether oxygens (including phenoxy) is 1. The van der Waals surface area contributed by atoms with E-state index in [9.17, 15) is 13.2 Å². The van der Waals surface area contributed by atoms with Crippen molar-refractivity contribution in [2.45, 2.75) is 39.2 Å². The van der Waals surface area contributed by atoms with Crippen molar-refractivity contribution < 1.29 is 17.9 Å². The fourth-order valence-corrected chi connectivity index (χ4v) is 3.67. The lowest BCUT2D eigenvalue weighted by atomic mass is 10.2. The minimum absolute atomic E-state index is 0.223. The number of aromatic nitrogens is 2. The van der Waals surface area contributed by atoms with Gasteiger partial charge >= 0.3 is 16.2 Å². The number of hydrogen-bond acceptors (Lipinski definition) is 5. The second-order valence-corrected chi connectivity index (χ2v) is 6.38. The highest BCUT2D eigenvalue weighted by Crippen LogP contribution is 2.23. The Morgan fingerprint density at radius 1 is 1.57 bits per heavy atom. The van der Waals surface area contributed by atoms with Crippen LogP contribution in [0.2, 0.25) is 0 Å². The molecule has 1 fully saturated rings. The van der Waals surface area contributed by atoms with Crippen LogP contribution in [0.5, 0.6) is 0 Å². The van der Waals surface area contributed by atoms with Gasteiger partial charge in [-0.1, -0.05) is 6.92 Å². The minimum Gasteiger partial charge on any atom is -0.465 e. The molecule has 1 aromatic rings. The fourth-order valence-electron chi connectivity index (χ4n) is 2.29. The third-order valence-electron chi connectivity index (χ3n) is 3.32. The summed E-state index contributed by atoms with van der Waals surface area (Å²) in [5.41, 5.74) is 0.830. The van der Waals surface area contributed by atoms with Crippen LogP contribution >= 0.6 is 0 Å². The molecule has 1 unspecified atom stereocenters. The topological polar surface area (TPSA) is 104 Å². The Hall–Kier alpha value is -1.61. The summed E-state index contributed by atoms with van der Waals surface area (Å²) >= 11 is 0. The molecule has 1 aliphatic rings. The predicted molar refractivity (Wildman–Crippen MR) is 76.9 cm³/mol. The Morgan fingerprint density at radius 3 is 2.95 bits per heavy atom. The van der Waals surface area contributed by atoms with Gasteiger partial charge in [-0.05, 0) is 26.2 Å². The molecular formula is C12H20N4O4S. The van der Waals surface area contributed by atoms with E-state index in [1.807, 2.05) is 6.92 Å². The molecule has 1 aromatic heterocycles. The minimum atomic E-state index is -3.82. The van der Waals surface area contributed by atoms with Crippen molar-refractivity contribution in [3.05, 3.63) is 11.8 Å². The monoisotopic (exact) mass is 316 g/mol. The molecule has 8 nitrogen and oxygen atoms in total. The third kappa shape index (κ3) is 3.53. The number of esters is 1. The molecule has 21 heavy (non-hydrogen) atoms. The SMILES string of the molecule is CCOC(=O)C1CCCN1S(=O)(=O)Nc1cc(CC)[nH]n1. The summed E-state index contributed by atoms with van der Waals surface area (Å²) in [6, 6.07) is 0.875. The summed E-state index contributed by atoms with van der Waals surface area (Å²) in [6.07, 6.45) is 1.83. The maximum Gasteiger partial charge on any atom is 0.324 e. The highest BCUT2D eigenvalue weighted by molar-refractivity contribution is 7.90. The van der Waals surface area contributed by atoms with Crippen LogP contribution in [-0.2, 0) is 26.2 Å². The van der Waals surface area contributed by atoms with Gasteiger partial charge in [-0.25, -0.2) is 0 Å². The highest BCUT2D eigenvalue weighted by Gasteiger charge is 2.39. The Morgan fingerprint density at radius 2 is 2.33 bits per heavy atom. The first kappa shape index (κ1) is 15.8. The molecule has 2 rings (SSSR count). The zero-order valence-corrected chi connectivity index (χ0v) is 12.9. The van der Waals surface area contributed by atoms with E-state index in [4.69, 9.17) is 4.74 Å². The normalized spacial score (nSPS) is 19.6. The van der Waals surface area contributed by atoms with Gasteiger partial charge in [0.1, 0.15) is 6.04 Å². The second kappa shape index (κ2) is 6.44. The zero-order chi connectivity index (χ0) is 15.5. The van der Waals surface area contributed by atoms with Crippen LogP contribution in [0.25, 0.3) is 0 Å². The summed E-state index contributed by atoms with van der Waals surface area (Å²) in [7, 11) is -3.82. The molecule has 0 amide bonds. The van der Waals surface area contributed by atoms with Crippen LogP contribution in [0.4, 0.5) is 5.82 Å². The molecule has 1 atom stereocenters.